The summed E-state index contributed by atoms with van der Waals surface area (Å²) in [6, 6.07) is 7.69. The van der Waals surface area contributed by atoms with Crippen LogP contribution in [0.4, 0.5) is 11.4 Å². The van der Waals surface area contributed by atoms with E-state index in [1.165, 1.54) is 12.8 Å². The van der Waals surface area contributed by atoms with Crippen LogP contribution in [-0.2, 0) is 9.59 Å². The maximum absolute atomic E-state index is 12.1. The van der Waals surface area contributed by atoms with Gasteiger partial charge in [0.2, 0.25) is 11.8 Å². The molecular weight excluding hydrogens is 328 g/mol. The second kappa shape index (κ2) is 10.2. The molecule has 1 aromatic rings. The molecule has 1 atom stereocenters. The first-order valence-electron chi connectivity index (χ1n) is 8.23. The molecule has 0 saturated carbocycles. The van der Waals surface area contributed by atoms with Crippen LogP contribution >= 0.6 is 12.4 Å². The van der Waals surface area contributed by atoms with E-state index in [9.17, 15) is 9.59 Å². The van der Waals surface area contributed by atoms with E-state index in [1.807, 2.05) is 25.1 Å². The third-order valence-electron chi connectivity index (χ3n) is 3.87. The van der Waals surface area contributed by atoms with Crippen molar-refractivity contribution in [1.29, 1.82) is 0 Å². The minimum absolute atomic E-state index is 0. The Balaban J connectivity index is 0.00000288. The normalized spacial score (nSPS) is 14.7. The van der Waals surface area contributed by atoms with Gasteiger partial charge in [-0.25, -0.2) is 0 Å². The summed E-state index contributed by atoms with van der Waals surface area (Å²) in [5, 5.41) is 5.67. The Kier molecular flexibility index (Phi) is 8.57. The van der Waals surface area contributed by atoms with Gasteiger partial charge in [0.15, 0.2) is 0 Å². The van der Waals surface area contributed by atoms with E-state index < -0.39 is 0 Å². The number of hydrogen-bond acceptors (Lipinski definition) is 4. The zero-order chi connectivity index (χ0) is 16.7. The smallest absolute Gasteiger partial charge is 0.226 e. The zero-order valence-corrected chi connectivity index (χ0v) is 14.9. The highest BCUT2D eigenvalue weighted by atomic mass is 35.5. The van der Waals surface area contributed by atoms with E-state index in [2.05, 4.69) is 21.6 Å². The number of benzene rings is 1. The molecule has 134 valence electrons. The van der Waals surface area contributed by atoms with Crippen LogP contribution in [0.1, 0.15) is 32.6 Å². The average molecular weight is 355 g/mol. The summed E-state index contributed by atoms with van der Waals surface area (Å²) in [6.07, 6.45) is 2.96. The summed E-state index contributed by atoms with van der Waals surface area (Å²) in [7, 11) is 0. The second-order valence-electron chi connectivity index (χ2n) is 6.00. The third-order valence-corrected chi connectivity index (χ3v) is 3.87. The van der Waals surface area contributed by atoms with E-state index in [0.29, 0.717) is 6.54 Å². The lowest BCUT2D eigenvalue weighted by Crippen LogP contribution is -2.36. The number of carbonyl (C=O) groups is 2. The summed E-state index contributed by atoms with van der Waals surface area (Å²) in [5.41, 5.74) is 7.27. The topological polar surface area (TPSA) is 87.5 Å². The number of hydrogen-bond donors (Lipinski definition) is 3. The average Bonchev–Trinajstić information content (AvgIpc) is 3.01. The van der Waals surface area contributed by atoms with E-state index in [-0.39, 0.29) is 43.1 Å². The van der Waals surface area contributed by atoms with Gasteiger partial charge in [0.05, 0.1) is 0 Å². The van der Waals surface area contributed by atoms with Crippen molar-refractivity contribution < 1.29 is 9.59 Å². The molecule has 1 aliphatic rings. The molecule has 0 spiro atoms. The molecule has 1 aliphatic heterocycles. The minimum atomic E-state index is -0.212. The van der Waals surface area contributed by atoms with Gasteiger partial charge in [-0.3, -0.25) is 9.59 Å². The molecular formula is C17H27ClN4O2. The van der Waals surface area contributed by atoms with E-state index in [4.69, 9.17) is 5.73 Å². The number of amides is 2. The maximum atomic E-state index is 12.1. The van der Waals surface area contributed by atoms with E-state index >= 15 is 0 Å². The zero-order valence-electron chi connectivity index (χ0n) is 14.1. The molecule has 1 aromatic carbocycles. The highest BCUT2D eigenvalue weighted by Gasteiger charge is 2.14. The Morgan fingerprint density at radius 1 is 1.25 bits per heavy atom. The highest BCUT2D eigenvalue weighted by molar-refractivity contribution is 5.92. The molecule has 1 unspecified atom stereocenters. The molecule has 7 heteroatoms. The standard InChI is InChI=1S/C17H26N4O2.ClH/c1-13(19-16(22)7-8-18)11-17(23)20-14-5-4-6-15(12-14)21-9-2-3-10-21;/h4-6,12-13H,2-3,7-11,18H2,1H3,(H,19,22)(H,20,23);1H. The first-order chi connectivity index (χ1) is 11.1. The predicted molar refractivity (Wildman–Crippen MR) is 99.7 cm³/mol. The molecule has 0 bridgehead atoms. The van der Waals surface area contributed by atoms with Crippen molar-refractivity contribution in [2.45, 2.75) is 38.6 Å². The lowest BCUT2D eigenvalue weighted by Gasteiger charge is -2.19. The molecule has 0 radical (unpaired) electrons. The number of halogens is 1. The molecule has 1 heterocycles. The van der Waals surface area contributed by atoms with Crippen LogP contribution in [-0.4, -0.2) is 37.5 Å². The molecule has 24 heavy (non-hydrogen) atoms. The van der Waals surface area contributed by atoms with Crippen LogP contribution in [0.5, 0.6) is 0 Å². The van der Waals surface area contributed by atoms with Crippen LogP contribution < -0.4 is 21.3 Å². The summed E-state index contributed by atoms with van der Waals surface area (Å²) in [4.78, 5) is 25.9. The Hall–Kier alpha value is -1.79. The lowest BCUT2D eigenvalue weighted by molar-refractivity contribution is -0.122. The molecule has 1 saturated heterocycles. The van der Waals surface area contributed by atoms with Crippen molar-refractivity contribution in [3.05, 3.63) is 24.3 Å². The monoisotopic (exact) mass is 354 g/mol. The van der Waals surface area contributed by atoms with Crippen molar-refractivity contribution in [2.24, 2.45) is 5.73 Å². The van der Waals surface area contributed by atoms with Gasteiger partial charge in [0.25, 0.3) is 0 Å². The number of anilines is 2. The van der Waals surface area contributed by atoms with Gasteiger partial charge in [-0.2, -0.15) is 0 Å². The van der Waals surface area contributed by atoms with Crippen LogP contribution in [0.2, 0.25) is 0 Å². The summed E-state index contributed by atoms with van der Waals surface area (Å²) in [5.74, 6) is -0.229. The fourth-order valence-electron chi connectivity index (χ4n) is 2.77. The molecule has 0 aliphatic carbocycles. The van der Waals surface area contributed by atoms with Gasteiger partial charge in [-0.1, -0.05) is 6.07 Å². The van der Waals surface area contributed by atoms with Crippen molar-refractivity contribution in [1.82, 2.24) is 5.32 Å². The molecule has 0 aromatic heterocycles. The van der Waals surface area contributed by atoms with Gasteiger partial charge in [0, 0.05) is 49.9 Å². The fraction of sp³-hybridized carbons (Fsp3) is 0.529. The number of nitrogens with zero attached hydrogens (tertiary/aromatic N) is 1. The van der Waals surface area contributed by atoms with Crippen LogP contribution in [0.25, 0.3) is 0 Å². The van der Waals surface area contributed by atoms with Gasteiger partial charge in [0.1, 0.15) is 0 Å². The van der Waals surface area contributed by atoms with Crippen LogP contribution in [0.15, 0.2) is 24.3 Å². The Morgan fingerprint density at radius 2 is 1.96 bits per heavy atom. The first-order valence-corrected chi connectivity index (χ1v) is 8.23. The minimum Gasteiger partial charge on any atom is -0.371 e. The SMILES string of the molecule is CC(CC(=O)Nc1cccc(N2CCCC2)c1)NC(=O)CCN.Cl. The molecule has 4 N–H and O–H groups in total. The second-order valence-corrected chi connectivity index (χ2v) is 6.00. The van der Waals surface area contributed by atoms with E-state index in [0.717, 1.165) is 24.5 Å². The summed E-state index contributed by atoms with van der Waals surface area (Å²) >= 11 is 0. The number of nitrogens with one attached hydrogen (secondary N) is 2. The number of carbonyl (C=O) groups excluding carboxylic acids is 2. The number of rotatable bonds is 7. The molecule has 2 amide bonds. The summed E-state index contributed by atoms with van der Waals surface area (Å²) in [6.45, 7) is 4.27. The molecule has 1 fully saturated rings. The number of nitrogens with two attached hydrogens (primary N) is 1. The van der Waals surface area contributed by atoms with Crippen molar-refractivity contribution >= 4 is 35.6 Å². The van der Waals surface area contributed by atoms with Crippen molar-refractivity contribution in [3.63, 3.8) is 0 Å². The Labute approximate surface area is 149 Å². The quantitative estimate of drug-likeness (QED) is 0.697. The van der Waals surface area contributed by atoms with Crippen molar-refractivity contribution in [2.75, 3.05) is 29.9 Å². The molecule has 2 rings (SSSR count). The van der Waals surface area contributed by atoms with Crippen LogP contribution in [0.3, 0.4) is 0 Å². The fourth-order valence-corrected chi connectivity index (χ4v) is 2.77. The third kappa shape index (κ3) is 6.37. The predicted octanol–water partition coefficient (Wildman–Crippen LogP) is 1.89. The Morgan fingerprint density at radius 3 is 2.62 bits per heavy atom. The van der Waals surface area contributed by atoms with Crippen molar-refractivity contribution in [3.8, 4) is 0 Å². The Bertz CT molecular complexity index is 547. The van der Waals surface area contributed by atoms with Crippen LogP contribution in [0, 0.1) is 0 Å². The van der Waals surface area contributed by atoms with E-state index in [1.54, 1.807) is 0 Å². The summed E-state index contributed by atoms with van der Waals surface area (Å²) < 4.78 is 0. The maximum Gasteiger partial charge on any atom is 0.226 e. The largest absolute Gasteiger partial charge is 0.371 e. The van der Waals surface area contributed by atoms with Gasteiger partial charge in [-0.15, -0.1) is 12.4 Å². The van der Waals surface area contributed by atoms with Gasteiger partial charge >= 0.3 is 0 Å². The molecule has 6 nitrogen and oxygen atoms in total. The van der Waals surface area contributed by atoms with Gasteiger partial charge < -0.3 is 21.3 Å². The lowest BCUT2D eigenvalue weighted by atomic mass is 10.2. The van der Waals surface area contributed by atoms with Gasteiger partial charge in [-0.05, 0) is 38.0 Å². The highest BCUT2D eigenvalue weighted by Crippen LogP contribution is 2.23. The first kappa shape index (κ1) is 20.3.